The Morgan fingerprint density at radius 3 is 2.62 bits per heavy atom. The zero-order chi connectivity index (χ0) is 18.7. The molecule has 1 aromatic rings. The number of aromatic nitrogens is 1. The number of halogens is 2. The molecule has 0 aromatic carbocycles. The Morgan fingerprint density at radius 1 is 1.27 bits per heavy atom. The van der Waals surface area contributed by atoms with Crippen LogP contribution in [0.4, 0.5) is 10.6 Å². The van der Waals surface area contributed by atoms with Gasteiger partial charge >= 0.3 is 6.03 Å². The van der Waals surface area contributed by atoms with E-state index in [-0.39, 0.29) is 17.7 Å². The van der Waals surface area contributed by atoms with E-state index in [0.717, 1.165) is 0 Å². The van der Waals surface area contributed by atoms with Gasteiger partial charge in [-0.25, -0.2) is 9.78 Å². The number of anilines is 1. The highest BCUT2D eigenvalue weighted by Gasteiger charge is 2.48. The van der Waals surface area contributed by atoms with Crippen molar-refractivity contribution in [2.75, 3.05) is 18.4 Å². The van der Waals surface area contributed by atoms with Gasteiger partial charge < -0.3 is 16.0 Å². The Balaban J connectivity index is 1.41. The van der Waals surface area contributed by atoms with Crippen LogP contribution in [0, 0.1) is 5.92 Å². The Bertz CT molecular complexity index is 735. The highest BCUT2D eigenvalue weighted by molar-refractivity contribution is 6.35. The molecular formula is C16H19Cl2N5O3. The van der Waals surface area contributed by atoms with Gasteiger partial charge in [-0.05, 0) is 31.7 Å². The van der Waals surface area contributed by atoms with E-state index in [1.54, 1.807) is 6.07 Å². The topological polar surface area (TPSA) is 112 Å². The summed E-state index contributed by atoms with van der Waals surface area (Å²) in [5.41, 5.74) is -0.841. The molecule has 8 nitrogen and oxygen atoms in total. The minimum absolute atomic E-state index is 0.0541. The number of amides is 4. The van der Waals surface area contributed by atoms with Crippen LogP contribution < -0.4 is 21.3 Å². The van der Waals surface area contributed by atoms with E-state index in [0.29, 0.717) is 54.6 Å². The van der Waals surface area contributed by atoms with Crippen LogP contribution in [-0.2, 0) is 9.59 Å². The molecule has 4 amide bonds. The molecule has 140 valence electrons. The number of carbonyl (C=O) groups excluding carboxylic acids is 3. The number of urea groups is 1. The molecule has 1 saturated heterocycles. The van der Waals surface area contributed by atoms with Crippen molar-refractivity contribution < 1.29 is 14.4 Å². The van der Waals surface area contributed by atoms with Crippen LogP contribution in [0.15, 0.2) is 12.3 Å². The zero-order valence-corrected chi connectivity index (χ0v) is 15.4. The second kappa shape index (κ2) is 7.67. The Morgan fingerprint density at radius 2 is 2.00 bits per heavy atom. The number of imide groups is 1. The van der Waals surface area contributed by atoms with Crippen LogP contribution in [0.1, 0.15) is 25.7 Å². The average Bonchev–Trinajstić information content (AvgIpc) is 2.87. The van der Waals surface area contributed by atoms with Crippen LogP contribution in [0.2, 0.25) is 10.0 Å². The summed E-state index contributed by atoms with van der Waals surface area (Å²) in [6.07, 6.45) is 3.52. The van der Waals surface area contributed by atoms with Crippen molar-refractivity contribution in [1.29, 1.82) is 0 Å². The van der Waals surface area contributed by atoms with Crippen LogP contribution >= 0.6 is 23.2 Å². The second-order valence-corrected chi connectivity index (χ2v) is 7.31. The van der Waals surface area contributed by atoms with Gasteiger partial charge in [0.15, 0.2) is 0 Å². The van der Waals surface area contributed by atoms with Gasteiger partial charge in [-0.15, -0.1) is 0 Å². The normalized spacial score (nSPS) is 24.9. The summed E-state index contributed by atoms with van der Waals surface area (Å²) in [4.78, 5) is 39.6. The van der Waals surface area contributed by atoms with Crippen molar-refractivity contribution in [3.63, 3.8) is 0 Å². The first kappa shape index (κ1) is 18.7. The minimum atomic E-state index is -0.841. The summed E-state index contributed by atoms with van der Waals surface area (Å²) in [5, 5.41) is 11.7. The summed E-state index contributed by atoms with van der Waals surface area (Å²) >= 11 is 11.8. The van der Waals surface area contributed by atoms with E-state index in [4.69, 9.17) is 23.2 Å². The van der Waals surface area contributed by atoms with Crippen LogP contribution in [0.25, 0.3) is 0 Å². The predicted molar refractivity (Wildman–Crippen MR) is 97.1 cm³/mol. The molecule has 0 bridgehead atoms. The molecule has 1 aliphatic heterocycles. The largest absolute Gasteiger partial charge is 0.367 e. The first-order chi connectivity index (χ1) is 12.4. The maximum atomic E-state index is 12.3. The van der Waals surface area contributed by atoms with Gasteiger partial charge in [0.2, 0.25) is 5.91 Å². The SMILES string of the molecule is O=C1NC(=O)C2(CCC(C(=O)NCCNc3ncc(Cl)cc3Cl)CC2)N1. The molecule has 4 N–H and O–H groups in total. The Hall–Kier alpha value is -2.06. The average molecular weight is 400 g/mol. The van der Waals surface area contributed by atoms with Gasteiger partial charge in [0.1, 0.15) is 11.4 Å². The maximum Gasteiger partial charge on any atom is 0.322 e. The molecule has 26 heavy (non-hydrogen) atoms. The lowest BCUT2D eigenvalue weighted by Crippen LogP contribution is -2.51. The Labute approximate surface area is 160 Å². The number of pyridine rings is 1. The smallest absolute Gasteiger partial charge is 0.322 e. The van der Waals surface area contributed by atoms with Crippen molar-refractivity contribution in [2.24, 2.45) is 5.92 Å². The molecule has 3 rings (SSSR count). The third-order valence-corrected chi connectivity index (χ3v) is 5.24. The molecule has 2 aliphatic rings. The minimum Gasteiger partial charge on any atom is -0.367 e. The zero-order valence-electron chi connectivity index (χ0n) is 13.9. The fraction of sp³-hybridized carbons (Fsp3) is 0.500. The van der Waals surface area contributed by atoms with Crippen LogP contribution in [-0.4, -0.2) is 41.5 Å². The Kier molecular flexibility index (Phi) is 5.52. The fourth-order valence-electron chi connectivity index (χ4n) is 3.31. The summed E-state index contributed by atoms with van der Waals surface area (Å²) in [6.45, 7) is 0.882. The van der Waals surface area contributed by atoms with Crippen molar-refractivity contribution in [3.8, 4) is 0 Å². The predicted octanol–water partition coefficient (Wildman–Crippen LogP) is 1.68. The number of hydrogen-bond acceptors (Lipinski definition) is 5. The summed E-state index contributed by atoms with van der Waals surface area (Å²) in [5.74, 6) is -0.00414. The van der Waals surface area contributed by atoms with Gasteiger partial charge in [0.05, 0.1) is 10.0 Å². The molecule has 2 fully saturated rings. The lowest BCUT2D eigenvalue weighted by Gasteiger charge is -2.33. The maximum absolute atomic E-state index is 12.3. The number of carbonyl (C=O) groups is 3. The molecule has 0 unspecified atom stereocenters. The number of hydrogen-bond donors (Lipinski definition) is 4. The summed E-state index contributed by atoms with van der Waals surface area (Å²) < 4.78 is 0. The number of nitrogens with one attached hydrogen (secondary N) is 4. The lowest BCUT2D eigenvalue weighted by molar-refractivity contribution is -0.130. The molecule has 2 heterocycles. The molecule has 1 spiro atoms. The molecule has 1 aliphatic carbocycles. The quantitative estimate of drug-likeness (QED) is 0.444. The first-order valence-electron chi connectivity index (χ1n) is 8.36. The number of rotatable bonds is 5. The second-order valence-electron chi connectivity index (χ2n) is 6.47. The van der Waals surface area contributed by atoms with E-state index < -0.39 is 11.6 Å². The van der Waals surface area contributed by atoms with E-state index in [1.807, 2.05) is 0 Å². The van der Waals surface area contributed by atoms with Gasteiger partial charge in [-0.3, -0.25) is 14.9 Å². The van der Waals surface area contributed by atoms with E-state index in [9.17, 15) is 14.4 Å². The van der Waals surface area contributed by atoms with Crippen molar-refractivity contribution in [1.82, 2.24) is 20.9 Å². The fourth-order valence-corrected chi connectivity index (χ4v) is 3.76. The van der Waals surface area contributed by atoms with Crippen LogP contribution in [0.3, 0.4) is 0 Å². The van der Waals surface area contributed by atoms with Crippen molar-refractivity contribution >= 4 is 46.9 Å². The van der Waals surface area contributed by atoms with E-state index in [2.05, 4.69) is 26.3 Å². The highest BCUT2D eigenvalue weighted by atomic mass is 35.5. The third-order valence-electron chi connectivity index (χ3n) is 4.75. The summed E-state index contributed by atoms with van der Waals surface area (Å²) in [6, 6.07) is 1.13. The van der Waals surface area contributed by atoms with E-state index >= 15 is 0 Å². The lowest BCUT2D eigenvalue weighted by atomic mass is 9.76. The monoisotopic (exact) mass is 399 g/mol. The van der Waals surface area contributed by atoms with Gasteiger partial charge in [0.25, 0.3) is 5.91 Å². The molecule has 10 heteroatoms. The van der Waals surface area contributed by atoms with Gasteiger partial charge in [-0.2, -0.15) is 0 Å². The first-order valence-corrected chi connectivity index (χ1v) is 9.11. The number of nitrogens with zero attached hydrogens (tertiary/aromatic N) is 1. The standard InChI is InChI=1S/C16H19Cl2N5O3/c17-10-7-11(18)12(21-8-10)19-5-6-20-13(24)9-1-3-16(4-2-9)14(25)22-15(26)23-16/h7-9H,1-6H2,(H,19,21)(H,20,24)(H2,22,23,25,26). The van der Waals surface area contributed by atoms with Gasteiger partial charge in [-0.1, -0.05) is 23.2 Å². The van der Waals surface area contributed by atoms with Crippen LogP contribution in [0.5, 0.6) is 0 Å². The highest BCUT2D eigenvalue weighted by Crippen LogP contribution is 2.34. The van der Waals surface area contributed by atoms with Crippen molar-refractivity contribution in [2.45, 2.75) is 31.2 Å². The third kappa shape index (κ3) is 4.02. The molecular weight excluding hydrogens is 381 g/mol. The molecule has 1 aromatic heterocycles. The summed E-state index contributed by atoms with van der Waals surface area (Å²) in [7, 11) is 0. The van der Waals surface area contributed by atoms with Crippen molar-refractivity contribution in [3.05, 3.63) is 22.3 Å². The van der Waals surface area contributed by atoms with Gasteiger partial charge in [0, 0.05) is 25.2 Å². The molecule has 0 atom stereocenters. The van der Waals surface area contributed by atoms with E-state index in [1.165, 1.54) is 6.20 Å². The molecule has 0 radical (unpaired) electrons. The molecule has 1 saturated carbocycles.